The van der Waals surface area contributed by atoms with E-state index in [0.29, 0.717) is 17.5 Å². The number of halogens is 1. The average Bonchev–Trinajstić information content (AvgIpc) is 2.30. The molecule has 1 unspecified atom stereocenters. The topological polar surface area (TPSA) is 36.7 Å². The Morgan fingerprint density at radius 2 is 1.89 bits per heavy atom. The number of fused-ring (bicyclic) bond motifs is 1. The zero-order valence-electron chi connectivity index (χ0n) is 11.9. The first-order valence-corrected chi connectivity index (χ1v) is 6.57. The van der Waals surface area contributed by atoms with Crippen LogP contribution in [0.4, 0.5) is 4.39 Å². The number of aromatic nitrogens is 1. The highest BCUT2D eigenvalue weighted by molar-refractivity contribution is 5.50. The van der Waals surface area contributed by atoms with Gasteiger partial charge in [0.15, 0.2) is 0 Å². The zero-order chi connectivity index (χ0) is 13.9. The summed E-state index contributed by atoms with van der Waals surface area (Å²) in [6, 6.07) is 2.16. The van der Waals surface area contributed by atoms with Gasteiger partial charge < -0.3 is 0 Å². The van der Waals surface area contributed by atoms with Crippen molar-refractivity contribution in [3.05, 3.63) is 28.1 Å². The largest absolute Gasteiger partial charge is 0.257 e. The summed E-state index contributed by atoms with van der Waals surface area (Å²) in [5.74, 6) is 0. The Morgan fingerprint density at radius 1 is 1.28 bits per heavy atom. The van der Waals surface area contributed by atoms with E-state index in [4.69, 9.17) is 5.26 Å². The summed E-state index contributed by atoms with van der Waals surface area (Å²) in [5.41, 5.74) is 2.23. The Balaban J connectivity index is 0.000000771. The highest BCUT2D eigenvalue weighted by atomic mass is 19.1. The van der Waals surface area contributed by atoms with Crippen LogP contribution in [0.25, 0.3) is 0 Å². The SMILES string of the molecule is CC.Cc1nc(C)c2c(c1C#N)CCCC2(C)F. The van der Waals surface area contributed by atoms with Gasteiger partial charge in [0.25, 0.3) is 0 Å². The minimum atomic E-state index is -1.33. The number of alkyl halides is 1. The van der Waals surface area contributed by atoms with E-state index < -0.39 is 5.67 Å². The summed E-state index contributed by atoms with van der Waals surface area (Å²) < 4.78 is 14.4. The van der Waals surface area contributed by atoms with Crippen LogP contribution in [-0.2, 0) is 12.1 Å². The molecule has 0 amide bonds. The van der Waals surface area contributed by atoms with Gasteiger partial charge in [-0.15, -0.1) is 0 Å². The summed E-state index contributed by atoms with van der Waals surface area (Å²) in [4.78, 5) is 4.29. The fourth-order valence-electron chi connectivity index (χ4n) is 2.74. The summed E-state index contributed by atoms with van der Waals surface area (Å²) in [6.07, 6.45) is 2.12. The van der Waals surface area contributed by atoms with E-state index in [9.17, 15) is 4.39 Å². The first-order valence-electron chi connectivity index (χ1n) is 6.57. The molecule has 0 saturated carbocycles. The Labute approximate surface area is 109 Å². The standard InChI is InChI=1S/C13H15FN2.C2H6/c1-8-11(7-15)10-5-4-6-13(3,14)12(10)9(2)16-8;1-2/h4-6H2,1-3H3;1-2H3. The second-order valence-electron chi connectivity index (χ2n) is 4.67. The smallest absolute Gasteiger partial charge is 0.135 e. The van der Waals surface area contributed by atoms with Crippen LogP contribution in [0.15, 0.2) is 0 Å². The van der Waals surface area contributed by atoms with Crippen molar-refractivity contribution in [1.29, 1.82) is 5.26 Å². The van der Waals surface area contributed by atoms with Gasteiger partial charge in [-0.3, -0.25) is 4.98 Å². The van der Waals surface area contributed by atoms with Gasteiger partial charge in [-0.1, -0.05) is 13.8 Å². The highest BCUT2D eigenvalue weighted by Crippen LogP contribution is 2.41. The lowest BCUT2D eigenvalue weighted by Gasteiger charge is -2.30. The maximum atomic E-state index is 14.4. The van der Waals surface area contributed by atoms with E-state index in [0.717, 1.165) is 29.8 Å². The van der Waals surface area contributed by atoms with Crippen LogP contribution in [0.1, 0.15) is 61.7 Å². The Bertz CT molecular complexity index is 484. The molecule has 2 nitrogen and oxygen atoms in total. The maximum Gasteiger partial charge on any atom is 0.135 e. The van der Waals surface area contributed by atoms with Gasteiger partial charge in [-0.25, -0.2) is 4.39 Å². The number of hydrogen-bond donors (Lipinski definition) is 0. The van der Waals surface area contributed by atoms with Crippen LogP contribution < -0.4 is 0 Å². The minimum Gasteiger partial charge on any atom is -0.257 e. The lowest BCUT2D eigenvalue weighted by molar-refractivity contribution is 0.160. The third kappa shape index (κ3) is 2.38. The van der Waals surface area contributed by atoms with E-state index in [1.807, 2.05) is 27.7 Å². The van der Waals surface area contributed by atoms with Gasteiger partial charge in [0.1, 0.15) is 11.7 Å². The number of nitrogens with zero attached hydrogens (tertiary/aromatic N) is 2. The molecule has 1 aromatic rings. The van der Waals surface area contributed by atoms with Crippen LogP contribution in [0.3, 0.4) is 0 Å². The third-order valence-electron chi connectivity index (χ3n) is 3.37. The van der Waals surface area contributed by atoms with E-state index in [1.54, 1.807) is 6.92 Å². The second-order valence-corrected chi connectivity index (χ2v) is 4.67. The minimum absolute atomic E-state index is 0.524. The molecule has 0 bridgehead atoms. The molecule has 0 spiro atoms. The normalized spacial score (nSPS) is 21.4. The van der Waals surface area contributed by atoms with Crippen molar-refractivity contribution >= 4 is 0 Å². The maximum absolute atomic E-state index is 14.4. The summed E-state index contributed by atoms with van der Waals surface area (Å²) in [6.45, 7) is 9.24. The first-order chi connectivity index (χ1) is 8.47. The van der Waals surface area contributed by atoms with Crippen molar-refractivity contribution < 1.29 is 4.39 Å². The van der Waals surface area contributed by atoms with E-state index in [2.05, 4.69) is 11.1 Å². The highest BCUT2D eigenvalue weighted by Gasteiger charge is 2.35. The van der Waals surface area contributed by atoms with Crippen LogP contribution in [-0.4, -0.2) is 4.98 Å². The van der Waals surface area contributed by atoms with Crippen molar-refractivity contribution in [2.75, 3.05) is 0 Å². The number of nitriles is 1. The van der Waals surface area contributed by atoms with Gasteiger partial charge in [-0.2, -0.15) is 5.26 Å². The molecular weight excluding hydrogens is 227 g/mol. The van der Waals surface area contributed by atoms with E-state index >= 15 is 0 Å². The molecular formula is C15H21FN2. The Hall–Kier alpha value is -1.43. The van der Waals surface area contributed by atoms with Crippen LogP contribution in [0, 0.1) is 25.2 Å². The first kappa shape index (κ1) is 14.6. The van der Waals surface area contributed by atoms with Gasteiger partial charge in [0, 0.05) is 11.3 Å². The lowest BCUT2D eigenvalue weighted by Crippen LogP contribution is -2.26. The number of pyridine rings is 1. The third-order valence-corrected chi connectivity index (χ3v) is 3.37. The van der Waals surface area contributed by atoms with Crippen molar-refractivity contribution in [3.63, 3.8) is 0 Å². The number of rotatable bonds is 0. The van der Waals surface area contributed by atoms with Crippen LogP contribution >= 0.6 is 0 Å². The summed E-state index contributed by atoms with van der Waals surface area (Å²) in [7, 11) is 0. The molecule has 1 aromatic heterocycles. The van der Waals surface area contributed by atoms with Gasteiger partial charge in [0.2, 0.25) is 0 Å². The van der Waals surface area contributed by atoms with Gasteiger partial charge in [0.05, 0.1) is 11.3 Å². The Morgan fingerprint density at radius 3 is 2.44 bits per heavy atom. The summed E-state index contributed by atoms with van der Waals surface area (Å²) in [5, 5.41) is 9.12. The molecule has 0 radical (unpaired) electrons. The number of hydrogen-bond acceptors (Lipinski definition) is 2. The molecule has 0 N–H and O–H groups in total. The fourth-order valence-corrected chi connectivity index (χ4v) is 2.74. The molecule has 0 aromatic carbocycles. The molecule has 1 atom stereocenters. The molecule has 3 heteroatoms. The van der Waals surface area contributed by atoms with Crippen molar-refractivity contribution in [1.82, 2.24) is 4.98 Å². The monoisotopic (exact) mass is 248 g/mol. The molecule has 2 rings (SSSR count). The van der Waals surface area contributed by atoms with Crippen LogP contribution in [0.5, 0.6) is 0 Å². The zero-order valence-corrected chi connectivity index (χ0v) is 11.9. The second kappa shape index (κ2) is 5.48. The summed E-state index contributed by atoms with van der Waals surface area (Å²) >= 11 is 0. The number of aryl methyl sites for hydroxylation is 2. The molecule has 98 valence electrons. The Kier molecular flexibility index (Phi) is 4.45. The lowest BCUT2D eigenvalue weighted by atomic mass is 9.79. The molecule has 1 heterocycles. The molecule has 18 heavy (non-hydrogen) atoms. The van der Waals surface area contributed by atoms with Gasteiger partial charge >= 0.3 is 0 Å². The van der Waals surface area contributed by atoms with Crippen LogP contribution in [0.2, 0.25) is 0 Å². The van der Waals surface area contributed by atoms with E-state index in [1.165, 1.54) is 0 Å². The molecule has 0 fully saturated rings. The van der Waals surface area contributed by atoms with Crippen molar-refractivity contribution in [2.45, 2.75) is 59.5 Å². The van der Waals surface area contributed by atoms with Crippen molar-refractivity contribution in [3.8, 4) is 6.07 Å². The molecule has 0 saturated heterocycles. The van der Waals surface area contributed by atoms with Crippen molar-refractivity contribution in [2.24, 2.45) is 0 Å². The van der Waals surface area contributed by atoms with Gasteiger partial charge in [-0.05, 0) is 45.6 Å². The average molecular weight is 248 g/mol. The molecule has 1 aliphatic carbocycles. The molecule has 1 aliphatic rings. The molecule has 0 aliphatic heterocycles. The predicted molar refractivity (Wildman–Crippen MR) is 71.2 cm³/mol. The predicted octanol–water partition coefficient (Wildman–Crippen LogP) is 4.12. The fraction of sp³-hybridized carbons (Fsp3) is 0.600. The van der Waals surface area contributed by atoms with E-state index in [-0.39, 0.29) is 0 Å². The quantitative estimate of drug-likeness (QED) is 0.692.